The lowest BCUT2D eigenvalue weighted by atomic mass is 9.95. The van der Waals surface area contributed by atoms with Crippen molar-refractivity contribution in [2.75, 3.05) is 0 Å². The summed E-state index contributed by atoms with van der Waals surface area (Å²) in [6.45, 7) is 19.0. The van der Waals surface area contributed by atoms with E-state index in [2.05, 4.69) is 31.6 Å². The molecule has 0 spiro atoms. The van der Waals surface area contributed by atoms with Gasteiger partial charge in [0.2, 0.25) is 0 Å². The van der Waals surface area contributed by atoms with Gasteiger partial charge < -0.3 is 14.2 Å². The van der Waals surface area contributed by atoms with Gasteiger partial charge in [-0.1, -0.05) is 43.7 Å². The lowest BCUT2D eigenvalue weighted by Gasteiger charge is -2.15. The summed E-state index contributed by atoms with van der Waals surface area (Å²) in [5.41, 5.74) is 3.85. The number of hydrogen-bond acceptors (Lipinski definition) is 6. The molecule has 7 heteroatoms. The third-order valence-electron chi connectivity index (χ3n) is 6.19. The summed E-state index contributed by atoms with van der Waals surface area (Å²) < 4.78 is 31.4. The maximum Gasteiger partial charge on any atom is 0.338 e. The van der Waals surface area contributed by atoms with Crippen LogP contribution in [0.2, 0.25) is 0 Å². The van der Waals surface area contributed by atoms with Crippen molar-refractivity contribution in [3.05, 3.63) is 125 Å². The Balaban J connectivity index is 1.98. The fourth-order valence-corrected chi connectivity index (χ4v) is 3.54. The molecule has 0 amide bonds. The van der Waals surface area contributed by atoms with E-state index in [9.17, 15) is 14.4 Å². The van der Waals surface area contributed by atoms with Gasteiger partial charge in [-0.05, 0) is 93.8 Å². The monoisotopic (exact) mass is 578 g/mol. The minimum absolute atomic E-state index is 0.0141. The van der Waals surface area contributed by atoms with E-state index in [0.717, 1.165) is 11.1 Å². The Morgan fingerprint density at radius 3 is 1.58 bits per heavy atom. The molecule has 0 heterocycles. The maximum atomic E-state index is 15.4. The first-order chi connectivity index (χ1) is 20.3. The van der Waals surface area contributed by atoms with Crippen LogP contribution in [0.3, 0.4) is 0 Å². The second kappa shape index (κ2) is 13.9. The summed E-state index contributed by atoms with van der Waals surface area (Å²) in [5.74, 6) is 4.10. The standard InChI is InChI=1S/C36H31FO6/c1-21(2)34(38)41-29-15-10-26(11-16-29)9-12-28-19-33(43-36(40)23(5)6)31(20-32(28)37)25(8)24(7)27-13-17-30(18-14-27)42-35(39)22(3)4/h10-11,13-20H,1,3,5H2,2,4,6-8H3/b25-24+. The number of carbonyl (C=O) groups is 3. The number of hydrogen-bond donors (Lipinski definition) is 0. The van der Waals surface area contributed by atoms with Gasteiger partial charge in [0.15, 0.2) is 0 Å². The summed E-state index contributed by atoms with van der Waals surface area (Å²) in [6, 6.07) is 15.9. The van der Waals surface area contributed by atoms with Crippen LogP contribution in [0.4, 0.5) is 4.39 Å². The Hall–Kier alpha value is -5.48. The maximum absolute atomic E-state index is 15.4. The van der Waals surface area contributed by atoms with E-state index in [1.54, 1.807) is 69.3 Å². The summed E-state index contributed by atoms with van der Waals surface area (Å²) in [5, 5.41) is 0. The molecule has 0 aliphatic carbocycles. The van der Waals surface area contributed by atoms with Crippen LogP contribution in [0.5, 0.6) is 17.2 Å². The molecule has 0 aromatic heterocycles. The van der Waals surface area contributed by atoms with Gasteiger partial charge in [0.1, 0.15) is 23.1 Å². The van der Waals surface area contributed by atoms with E-state index >= 15 is 4.39 Å². The van der Waals surface area contributed by atoms with E-state index in [1.165, 1.54) is 19.1 Å². The minimum Gasteiger partial charge on any atom is -0.423 e. The normalized spacial score (nSPS) is 10.8. The smallest absolute Gasteiger partial charge is 0.338 e. The fourth-order valence-electron chi connectivity index (χ4n) is 3.54. The largest absolute Gasteiger partial charge is 0.423 e. The molecule has 0 unspecified atom stereocenters. The first-order valence-corrected chi connectivity index (χ1v) is 13.1. The van der Waals surface area contributed by atoms with Gasteiger partial charge in [0.25, 0.3) is 0 Å². The predicted octanol–water partition coefficient (Wildman–Crippen LogP) is 7.62. The average Bonchev–Trinajstić information content (AvgIpc) is 2.97. The summed E-state index contributed by atoms with van der Waals surface area (Å²) in [6.07, 6.45) is 0. The zero-order chi connectivity index (χ0) is 31.8. The number of halogens is 1. The molecule has 3 aromatic rings. The van der Waals surface area contributed by atoms with Crippen LogP contribution >= 0.6 is 0 Å². The highest BCUT2D eigenvalue weighted by Gasteiger charge is 2.17. The molecule has 0 atom stereocenters. The fraction of sp³-hybridized carbons (Fsp3) is 0.139. The summed E-state index contributed by atoms with van der Waals surface area (Å²) in [7, 11) is 0. The number of ether oxygens (including phenoxy) is 3. The van der Waals surface area contributed by atoms with Crippen LogP contribution in [-0.4, -0.2) is 17.9 Å². The average molecular weight is 579 g/mol. The number of allylic oxidation sites excluding steroid dienone is 2. The molecule has 0 N–H and O–H groups in total. The number of benzene rings is 3. The molecule has 0 aliphatic rings. The Morgan fingerprint density at radius 2 is 1.09 bits per heavy atom. The molecule has 0 saturated heterocycles. The number of carbonyl (C=O) groups excluding carboxylic acids is 3. The topological polar surface area (TPSA) is 78.9 Å². The Morgan fingerprint density at radius 1 is 0.628 bits per heavy atom. The van der Waals surface area contributed by atoms with E-state index in [0.29, 0.717) is 28.2 Å². The van der Waals surface area contributed by atoms with E-state index in [1.807, 2.05) is 6.92 Å². The second-order valence-electron chi connectivity index (χ2n) is 9.89. The molecule has 0 saturated carbocycles. The van der Waals surface area contributed by atoms with E-state index < -0.39 is 23.7 Å². The van der Waals surface area contributed by atoms with Crippen LogP contribution in [0.15, 0.2) is 97.1 Å². The first-order valence-electron chi connectivity index (χ1n) is 13.1. The van der Waals surface area contributed by atoms with Crippen LogP contribution < -0.4 is 14.2 Å². The summed E-state index contributed by atoms with van der Waals surface area (Å²) in [4.78, 5) is 36.0. The second-order valence-corrected chi connectivity index (χ2v) is 9.89. The van der Waals surface area contributed by atoms with E-state index in [-0.39, 0.29) is 28.0 Å². The molecule has 43 heavy (non-hydrogen) atoms. The van der Waals surface area contributed by atoms with Gasteiger partial charge in [0.05, 0.1) is 5.56 Å². The third-order valence-corrected chi connectivity index (χ3v) is 6.19. The predicted molar refractivity (Wildman–Crippen MR) is 165 cm³/mol. The molecule has 0 bridgehead atoms. The third kappa shape index (κ3) is 8.51. The van der Waals surface area contributed by atoms with Gasteiger partial charge in [-0.15, -0.1) is 0 Å². The molecule has 218 valence electrons. The van der Waals surface area contributed by atoms with Gasteiger partial charge >= 0.3 is 17.9 Å². The highest BCUT2D eigenvalue weighted by molar-refractivity contribution is 5.94. The Kier molecular flexibility index (Phi) is 10.4. The molecular formula is C36H31FO6. The zero-order valence-corrected chi connectivity index (χ0v) is 24.7. The molecule has 0 radical (unpaired) electrons. The Bertz CT molecular complexity index is 1730. The lowest BCUT2D eigenvalue weighted by molar-refractivity contribution is -0.130. The molecule has 3 rings (SSSR count). The van der Waals surface area contributed by atoms with Gasteiger partial charge in [0, 0.05) is 33.9 Å². The van der Waals surface area contributed by atoms with Gasteiger partial charge in [-0.25, -0.2) is 18.8 Å². The van der Waals surface area contributed by atoms with Crippen molar-refractivity contribution in [2.24, 2.45) is 0 Å². The van der Waals surface area contributed by atoms with Crippen LogP contribution in [0.1, 0.15) is 56.9 Å². The molecule has 6 nitrogen and oxygen atoms in total. The van der Waals surface area contributed by atoms with Crippen LogP contribution in [-0.2, 0) is 14.4 Å². The molecular weight excluding hydrogens is 547 g/mol. The van der Waals surface area contributed by atoms with Crippen molar-refractivity contribution in [3.8, 4) is 29.1 Å². The molecule has 0 aliphatic heterocycles. The van der Waals surface area contributed by atoms with Crippen LogP contribution in [0, 0.1) is 17.7 Å². The van der Waals surface area contributed by atoms with Gasteiger partial charge in [-0.3, -0.25) is 0 Å². The van der Waals surface area contributed by atoms with E-state index in [4.69, 9.17) is 14.2 Å². The Labute approximate surface area is 250 Å². The van der Waals surface area contributed by atoms with Crippen LogP contribution in [0.25, 0.3) is 11.1 Å². The summed E-state index contributed by atoms with van der Waals surface area (Å²) >= 11 is 0. The van der Waals surface area contributed by atoms with Crippen molar-refractivity contribution in [1.82, 2.24) is 0 Å². The van der Waals surface area contributed by atoms with Gasteiger partial charge in [-0.2, -0.15) is 0 Å². The zero-order valence-electron chi connectivity index (χ0n) is 24.7. The highest BCUT2D eigenvalue weighted by atomic mass is 19.1. The quantitative estimate of drug-likeness (QED) is 0.0900. The number of rotatable bonds is 8. The molecule has 0 fully saturated rings. The van der Waals surface area contributed by atoms with Crippen molar-refractivity contribution in [1.29, 1.82) is 0 Å². The minimum atomic E-state index is -0.666. The first kappa shape index (κ1) is 32.0. The number of esters is 3. The van der Waals surface area contributed by atoms with Crippen molar-refractivity contribution in [3.63, 3.8) is 0 Å². The highest BCUT2D eigenvalue weighted by Crippen LogP contribution is 2.34. The van der Waals surface area contributed by atoms with Crippen molar-refractivity contribution in [2.45, 2.75) is 34.6 Å². The molecule has 3 aromatic carbocycles. The SMILES string of the molecule is C=C(C)C(=O)Oc1ccc(C#Cc2cc(OC(=O)C(=C)C)c(/C(C)=C(\C)c3ccc(OC(=O)C(=C)C)cc3)cc2F)cc1. The lowest BCUT2D eigenvalue weighted by Crippen LogP contribution is -2.10. The van der Waals surface area contributed by atoms with Crippen molar-refractivity contribution >= 4 is 29.1 Å². The van der Waals surface area contributed by atoms with Crippen molar-refractivity contribution < 1.29 is 33.0 Å².